The zero-order valence-corrected chi connectivity index (χ0v) is 17.4. The van der Waals surface area contributed by atoms with E-state index in [0.717, 1.165) is 6.07 Å². The van der Waals surface area contributed by atoms with Crippen LogP contribution in [0.25, 0.3) is 0 Å². The molecule has 0 aliphatic carbocycles. The highest BCUT2D eigenvalue weighted by atomic mass is 32.2. The largest absolute Gasteiger partial charge is 0.382 e. The first-order valence-corrected chi connectivity index (χ1v) is 10.6. The van der Waals surface area contributed by atoms with Gasteiger partial charge in [0.05, 0.1) is 15.5 Å². The van der Waals surface area contributed by atoms with Gasteiger partial charge in [0.2, 0.25) is 10.0 Å². The minimum atomic E-state index is -3.82. The van der Waals surface area contributed by atoms with Gasteiger partial charge < -0.3 is 10.6 Å². The van der Waals surface area contributed by atoms with Gasteiger partial charge in [-0.25, -0.2) is 12.8 Å². The summed E-state index contributed by atoms with van der Waals surface area (Å²) in [4.78, 5) is 10.6. The predicted molar refractivity (Wildman–Crippen MR) is 111 cm³/mol. The molecule has 2 aromatic carbocycles. The van der Waals surface area contributed by atoms with Crippen molar-refractivity contribution in [2.45, 2.75) is 18.7 Å². The Bertz CT molecular complexity index is 1070. The maximum Gasteiger partial charge on any atom is 0.293 e. The average molecular weight is 435 g/mol. The third kappa shape index (κ3) is 5.03. The van der Waals surface area contributed by atoms with Gasteiger partial charge in [-0.05, 0) is 24.3 Å². The van der Waals surface area contributed by atoms with E-state index >= 15 is 0 Å². The van der Waals surface area contributed by atoms with Gasteiger partial charge in [0, 0.05) is 32.2 Å². The van der Waals surface area contributed by atoms with Crippen LogP contribution in [0.4, 0.5) is 21.5 Å². The Balaban J connectivity index is 2.15. The molecule has 0 saturated heterocycles. The van der Waals surface area contributed by atoms with Crippen molar-refractivity contribution in [2.75, 3.05) is 36.8 Å². The lowest BCUT2D eigenvalue weighted by atomic mass is 10.2. The minimum Gasteiger partial charge on any atom is -0.382 e. The van der Waals surface area contributed by atoms with E-state index in [0.29, 0.717) is 5.69 Å². The van der Waals surface area contributed by atoms with E-state index < -0.39 is 20.8 Å². The molecule has 0 spiro atoms. The maximum absolute atomic E-state index is 13.6. The topological polar surface area (TPSA) is 128 Å². The SMILES string of the molecule is CCN(CC)S(=O)(=O)c1ccc(NCCNc2cccc(F)c2C#N)c([N+](=O)[O-])c1. The van der Waals surface area contributed by atoms with Gasteiger partial charge in [-0.2, -0.15) is 9.57 Å². The number of benzene rings is 2. The van der Waals surface area contributed by atoms with E-state index in [1.807, 2.05) is 0 Å². The number of anilines is 2. The normalized spacial score (nSPS) is 11.2. The molecule has 0 aliphatic rings. The second kappa shape index (κ2) is 10.00. The molecular weight excluding hydrogens is 413 g/mol. The second-order valence-electron chi connectivity index (χ2n) is 6.15. The summed E-state index contributed by atoms with van der Waals surface area (Å²) >= 11 is 0. The quantitative estimate of drug-likeness (QED) is 0.333. The van der Waals surface area contributed by atoms with Gasteiger partial charge >= 0.3 is 0 Å². The lowest BCUT2D eigenvalue weighted by Gasteiger charge is -2.18. The number of halogens is 1. The molecule has 0 amide bonds. The monoisotopic (exact) mass is 435 g/mol. The fourth-order valence-electron chi connectivity index (χ4n) is 2.86. The molecule has 0 aromatic heterocycles. The fourth-order valence-corrected chi connectivity index (χ4v) is 4.34. The van der Waals surface area contributed by atoms with Crippen LogP contribution in [-0.2, 0) is 10.0 Å². The van der Waals surface area contributed by atoms with Crippen LogP contribution in [0.5, 0.6) is 0 Å². The van der Waals surface area contributed by atoms with Crippen LogP contribution in [-0.4, -0.2) is 43.8 Å². The number of sulfonamides is 1. The Kier molecular flexibility index (Phi) is 7.68. The first kappa shape index (κ1) is 23.1. The van der Waals surface area contributed by atoms with E-state index in [1.54, 1.807) is 26.0 Å². The molecule has 9 nitrogen and oxygen atoms in total. The Morgan fingerprint density at radius 3 is 2.33 bits per heavy atom. The zero-order valence-electron chi connectivity index (χ0n) is 16.6. The molecule has 30 heavy (non-hydrogen) atoms. The molecule has 0 aliphatic heterocycles. The third-order valence-electron chi connectivity index (χ3n) is 4.39. The molecule has 2 aromatic rings. The molecule has 0 atom stereocenters. The van der Waals surface area contributed by atoms with Crippen molar-refractivity contribution in [1.29, 1.82) is 5.26 Å². The van der Waals surface area contributed by atoms with Gasteiger partial charge in [-0.15, -0.1) is 0 Å². The summed E-state index contributed by atoms with van der Waals surface area (Å²) in [5.41, 5.74) is -0.0179. The van der Waals surface area contributed by atoms with Crippen LogP contribution in [0.1, 0.15) is 19.4 Å². The predicted octanol–water partition coefficient (Wildman–Crippen LogP) is 3.16. The van der Waals surface area contributed by atoms with E-state index in [2.05, 4.69) is 10.6 Å². The van der Waals surface area contributed by atoms with Gasteiger partial charge in [-0.3, -0.25) is 10.1 Å². The molecule has 0 saturated carbocycles. The number of nitrogens with one attached hydrogen (secondary N) is 2. The highest BCUT2D eigenvalue weighted by Crippen LogP contribution is 2.29. The molecule has 2 N–H and O–H groups in total. The lowest BCUT2D eigenvalue weighted by Crippen LogP contribution is -2.30. The van der Waals surface area contributed by atoms with E-state index in [-0.39, 0.29) is 48.0 Å². The number of nitro benzene ring substituents is 1. The number of hydrogen-bond donors (Lipinski definition) is 2. The first-order chi connectivity index (χ1) is 14.3. The van der Waals surface area contributed by atoms with Crippen LogP contribution in [0.15, 0.2) is 41.3 Å². The maximum atomic E-state index is 13.6. The summed E-state index contributed by atoms with van der Waals surface area (Å²) < 4.78 is 40.0. The van der Waals surface area contributed by atoms with Crippen LogP contribution < -0.4 is 10.6 Å². The molecule has 0 heterocycles. The highest BCUT2D eigenvalue weighted by molar-refractivity contribution is 7.89. The number of nitro groups is 1. The Labute approximate surface area is 174 Å². The van der Waals surface area contributed by atoms with Crippen molar-refractivity contribution in [1.82, 2.24) is 4.31 Å². The zero-order chi connectivity index (χ0) is 22.3. The average Bonchev–Trinajstić information content (AvgIpc) is 2.71. The Morgan fingerprint density at radius 1 is 1.13 bits per heavy atom. The van der Waals surface area contributed by atoms with E-state index in [9.17, 15) is 22.9 Å². The summed E-state index contributed by atoms with van der Waals surface area (Å²) in [6, 6.07) is 9.67. The molecule has 0 unspecified atom stereocenters. The highest BCUT2D eigenvalue weighted by Gasteiger charge is 2.25. The Morgan fingerprint density at radius 2 is 1.77 bits per heavy atom. The van der Waals surface area contributed by atoms with Crippen molar-refractivity contribution in [2.24, 2.45) is 0 Å². The van der Waals surface area contributed by atoms with E-state index in [1.165, 1.54) is 28.6 Å². The molecule has 2 rings (SSSR count). The first-order valence-electron chi connectivity index (χ1n) is 9.21. The standard InChI is InChI=1S/C19H22FN5O4S/c1-3-24(4-2)30(28,29)14-8-9-18(19(12-14)25(26)27)23-11-10-22-17-7-5-6-16(20)15(17)13-21/h5-9,12,22-23H,3-4,10-11H2,1-2H3. The number of nitrogens with zero attached hydrogens (tertiary/aromatic N) is 3. The summed E-state index contributed by atoms with van der Waals surface area (Å²) in [7, 11) is -3.82. The van der Waals surface area contributed by atoms with Gasteiger partial charge in [0.1, 0.15) is 23.1 Å². The van der Waals surface area contributed by atoms with Crippen molar-refractivity contribution < 1.29 is 17.7 Å². The second-order valence-corrected chi connectivity index (χ2v) is 8.09. The molecule has 0 radical (unpaired) electrons. The molecule has 160 valence electrons. The van der Waals surface area contributed by atoms with Crippen molar-refractivity contribution in [3.05, 3.63) is 57.9 Å². The van der Waals surface area contributed by atoms with Gasteiger partial charge in [0.25, 0.3) is 5.69 Å². The molecule has 0 bridgehead atoms. The number of rotatable bonds is 10. The molecular formula is C19H22FN5O4S. The van der Waals surface area contributed by atoms with Crippen LogP contribution in [0.2, 0.25) is 0 Å². The van der Waals surface area contributed by atoms with Crippen molar-refractivity contribution >= 4 is 27.1 Å². The van der Waals surface area contributed by atoms with Gasteiger partial charge in [0.15, 0.2) is 0 Å². The minimum absolute atomic E-state index is 0.116. The summed E-state index contributed by atoms with van der Waals surface area (Å²) in [5.74, 6) is -0.643. The number of hydrogen-bond acceptors (Lipinski definition) is 7. The molecule has 11 heteroatoms. The van der Waals surface area contributed by atoms with Gasteiger partial charge in [-0.1, -0.05) is 19.9 Å². The van der Waals surface area contributed by atoms with Crippen LogP contribution in [0.3, 0.4) is 0 Å². The summed E-state index contributed by atoms with van der Waals surface area (Å²) in [5, 5.41) is 26.2. The lowest BCUT2D eigenvalue weighted by molar-refractivity contribution is -0.384. The third-order valence-corrected chi connectivity index (χ3v) is 6.44. The Hall–Kier alpha value is -3.23. The van der Waals surface area contributed by atoms with Crippen molar-refractivity contribution in [3.8, 4) is 6.07 Å². The smallest absolute Gasteiger partial charge is 0.293 e. The number of nitriles is 1. The van der Waals surface area contributed by atoms with Crippen molar-refractivity contribution in [3.63, 3.8) is 0 Å². The fraction of sp³-hybridized carbons (Fsp3) is 0.316. The van der Waals surface area contributed by atoms with Crippen LogP contribution in [0, 0.1) is 27.3 Å². The van der Waals surface area contributed by atoms with E-state index in [4.69, 9.17) is 5.26 Å². The summed E-state index contributed by atoms with van der Waals surface area (Å²) in [6.07, 6.45) is 0. The molecule has 0 fully saturated rings. The summed E-state index contributed by atoms with van der Waals surface area (Å²) in [6.45, 7) is 4.34. The van der Waals surface area contributed by atoms with Crippen LogP contribution >= 0.6 is 0 Å².